The Morgan fingerprint density at radius 3 is 3.00 bits per heavy atom. The van der Waals surface area contributed by atoms with Crippen LogP contribution in [0.15, 0.2) is 36.4 Å². The molecule has 0 fully saturated rings. The van der Waals surface area contributed by atoms with Crippen molar-refractivity contribution in [2.45, 2.75) is 37.8 Å². The third-order valence-electron chi connectivity index (χ3n) is 4.41. The van der Waals surface area contributed by atoms with Crippen LogP contribution in [-0.4, -0.2) is 35.2 Å². The quantitative estimate of drug-likeness (QED) is 0.820. The van der Waals surface area contributed by atoms with E-state index in [0.29, 0.717) is 6.54 Å². The molecule has 21 heavy (non-hydrogen) atoms. The summed E-state index contributed by atoms with van der Waals surface area (Å²) in [6.07, 6.45) is 8.27. The van der Waals surface area contributed by atoms with E-state index in [1.165, 1.54) is 5.56 Å². The van der Waals surface area contributed by atoms with Gasteiger partial charge >= 0.3 is 6.03 Å². The lowest BCUT2D eigenvalue weighted by Gasteiger charge is -2.37. The molecule has 1 aliphatic carbocycles. The first kappa shape index (κ1) is 14.1. The smallest absolute Gasteiger partial charge is 0.318 e. The molecule has 1 aliphatic heterocycles. The van der Waals surface area contributed by atoms with Gasteiger partial charge in [0.25, 0.3) is 0 Å². The number of fused-ring (bicyclic) bond motifs is 1. The van der Waals surface area contributed by atoms with E-state index in [0.717, 1.165) is 31.2 Å². The fraction of sp³-hybridized carbons (Fsp3) is 0.471. The van der Waals surface area contributed by atoms with Crippen molar-refractivity contribution in [2.75, 3.05) is 13.2 Å². The summed E-state index contributed by atoms with van der Waals surface area (Å²) in [7, 11) is 0. The molecular weight excluding hydrogens is 264 g/mol. The molecule has 1 aromatic carbocycles. The van der Waals surface area contributed by atoms with Gasteiger partial charge in [0.15, 0.2) is 0 Å². The fourth-order valence-electron chi connectivity index (χ4n) is 3.27. The Bertz CT molecular complexity index is 541. The molecule has 4 nitrogen and oxygen atoms in total. The fourth-order valence-corrected chi connectivity index (χ4v) is 3.27. The summed E-state index contributed by atoms with van der Waals surface area (Å²) >= 11 is 0. The Morgan fingerprint density at radius 2 is 2.24 bits per heavy atom. The Labute approximate surface area is 125 Å². The van der Waals surface area contributed by atoms with Crippen LogP contribution in [0.1, 0.15) is 36.4 Å². The van der Waals surface area contributed by atoms with Crippen molar-refractivity contribution in [1.29, 1.82) is 0 Å². The predicted molar refractivity (Wildman–Crippen MR) is 82.0 cm³/mol. The van der Waals surface area contributed by atoms with Gasteiger partial charge in [-0.15, -0.1) is 0 Å². The van der Waals surface area contributed by atoms with Gasteiger partial charge in [-0.2, -0.15) is 0 Å². The molecule has 0 saturated heterocycles. The molecule has 2 N–H and O–H groups in total. The number of rotatable bonds is 2. The zero-order chi connectivity index (χ0) is 14.7. The van der Waals surface area contributed by atoms with Crippen molar-refractivity contribution < 1.29 is 9.90 Å². The molecule has 2 aliphatic rings. The molecule has 0 aromatic heterocycles. The number of carbonyl (C=O) groups is 1. The van der Waals surface area contributed by atoms with Crippen LogP contribution >= 0.6 is 0 Å². The van der Waals surface area contributed by atoms with Gasteiger partial charge in [0.2, 0.25) is 0 Å². The Kier molecular flexibility index (Phi) is 4.25. The monoisotopic (exact) mass is 286 g/mol. The Hall–Kier alpha value is -1.81. The van der Waals surface area contributed by atoms with E-state index in [1.54, 1.807) is 4.90 Å². The topological polar surface area (TPSA) is 52.6 Å². The van der Waals surface area contributed by atoms with Crippen molar-refractivity contribution >= 4 is 6.03 Å². The van der Waals surface area contributed by atoms with Gasteiger partial charge in [-0.25, -0.2) is 4.79 Å². The number of aliphatic hydroxyl groups is 1. The highest BCUT2D eigenvalue weighted by molar-refractivity contribution is 5.76. The summed E-state index contributed by atoms with van der Waals surface area (Å²) in [5.74, 6) is 0. The minimum Gasteiger partial charge on any atom is -0.394 e. The van der Waals surface area contributed by atoms with Gasteiger partial charge < -0.3 is 15.3 Å². The Morgan fingerprint density at radius 1 is 1.38 bits per heavy atom. The van der Waals surface area contributed by atoms with E-state index < -0.39 is 0 Å². The number of nitrogens with one attached hydrogen (secondary N) is 1. The number of aliphatic hydroxyl groups excluding tert-OH is 1. The van der Waals surface area contributed by atoms with Crippen LogP contribution in [0.4, 0.5) is 4.79 Å². The van der Waals surface area contributed by atoms with Crippen LogP contribution in [0.3, 0.4) is 0 Å². The van der Waals surface area contributed by atoms with Crippen LogP contribution in [0.2, 0.25) is 0 Å². The van der Waals surface area contributed by atoms with E-state index in [4.69, 9.17) is 0 Å². The molecular formula is C17H22N2O2. The lowest BCUT2D eigenvalue weighted by Crippen LogP contribution is -2.49. The average molecular weight is 286 g/mol. The van der Waals surface area contributed by atoms with Crippen LogP contribution in [0.25, 0.3) is 0 Å². The third-order valence-corrected chi connectivity index (χ3v) is 4.41. The number of urea groups is 1. The molecule has 4 heteroatoms. The highest BCUT2D eigenvalue weighted by Gasteiger charge is 2.30. The first-order valence-corrected chi connectivity index (χ1v) is 7.72. The van der Waals surface area contributed by atoms with Crippen molar-refractivity contribution in [2.24, 2.45) is 0 Å². The SMILES string of the molecule is O=C(NC1C=CCCC1)N1CCc2ccccc2C1CO. The standard InChI is InChI=1S/C17H22N2O2/c20-12-16-15-9-5-4-6-13(15)10-11-19(16)17(21)18-14-7-2-1-3-8-14/h2,4-7,9,14,16,20H,1,3,8,10-12H2,(H,18,21). The van der Waals surface area contributed by atoms with Crippen LogP contribution in [-0.2, 0) is 6.42 Å². The maximum Gasteiger partial charge on any atom is 0.318 e. The second-order valence-corrected chi connectivity index (χ2v) is 5.76. The number of hydrogen-bond donors (Lipinski definition) is 2. The number of amides is 2. The summed E-state index contributed by atoms with van der Waals surface area (Å²) in [5, 5.41) is 12.8. The molecule has 112 valence electrons. The summed E-state index contributed by atoms with van der Waals surface area (Å²) in [6, 6.07) is 7.89. The first-order chi connectivity index (χ1) is 10.3. The van der Waals surface area contributed by atoms with Crippen molar-refractivity contribution in [1.82, 2.24) is 10.2 Å². The van der Waals surface area contributed by atoms with Crippen molar-refractivity contribution in [3.63, 3.8) is 0 Å². The maximum absolute atomic E-state index is 12.5. The maximum atomic E-state index is 12.5. The van der Waals surface area contributed by atoms with E-state index in [-0.39, 0.29) is 24.7 Å². The molecule has 0 bridgehead atoms. The molecule has 2 atom stereocenters. The van der Waals surface area contributed by atoms with Crippen LogP contribution in [0, 0.1) is 0 Å². The summed E-state index contributed by atoms with van der Waals surface area (Å²) in [6.45, 7) is 0.620. The van der Waals surface area contributed by atoms with Gasteiger partial charge in [-0.05, 0) is 36.8 Å². The lowest BCUT2D eigenvalue weighted by molar-refractivity contribution is 0.125. The Balaban J connectivity index is 1.74. The van der Waals surface area contributed by atoms with Gasteiger partial charge in [-0.3, -0.25) is 0 Å². The van der Waals surface area contributed by atoms with E-state index in [1.807, 2.05) is 18.2 Å². The normalized spacial score (nSPS) is 24.5. The highest BCUT2D eigenvalue weighted by atomic mass is 16.3. The number of hydrogen-bond acceptors (Lipinski definition) is 2. The first-order valence-electron chi connectivity index (χ1n) is 7.72. The van der Waals surface area contributed by atoms with Gasteiger partial charge in [0, 0.05) is 12.6 Å². The van der Waals surface area contributed by atoms with E-state index in [2.05, 4.69) is 23.5 Å². The molecule has 3 rings (SSSR count). The second kappa shape index (κ2) is 6.31. The third kappa shape index (κ3) is 2.95. The number of carbonyl (C=O) groups excluding carboxylic acids is 1. The van der Waals surface area contributed by atoms with Gasteiger partial charge in [0.1, 0.15) is 0 Å². The molecule has 2 amide bonds. The summed E-state index contributed by atoms with van der Waals surface area (Å²) in [5.41, 5.74) is 2.30. The summed E-state index contributed by atoms with van der Waals surface area (Å²) < 4.78 is 0. The number of benzene rings is 1. The largest absolute Gasteiger partial charge is 0.394 e. The zero-order valence-corrected chi connectivity index (χ0v) is 12.2. The van der Waals surface area contributed by atoms with Crippen LogP contribution < -0.4 is 5.32 Å². The predicted octanol–water partition coefficient (Wildman–Crippen LogP) is 2.40. The molecule has 1 aromatic rings. The molecule has 0 saturated carbocycles. The van der Waals surface area contributed by atoms with E-state index >= 15 is 0 Å². The minimum atomic E-state index is -0.234. The van der Waals surface area contributed by atoms with Crippen LogP contribution in [0.5, 0.6) is 0 Å². The summed E-state index contributed by atoms with van der Waals surface area (Å²) in [4.78, 5) is 14.3. The average Bonchev–Trinajstić information content (AvgIpc) is 2.54. The molecule has 1 heterocycles. The highest BCUT2D eigenvalue weighted by Crippen LogP contribution is 2.29. The molecule has 2 unspecified atom stereocenters. The zero-order valence-electron chi connectivity index (χ0n) is 12.2. The minimum absolute atomic E-state index is 0.0368. The second-order valence-electron chi connectivity index (χ2n) is 5.76. The van der Waals surface area contributed by atoms with Crippen molar-refractivity contribution in [3.8, 4) is 0 Å². The lowest BCUT2D eigenvalue weighted by atomic mass is 9.93. The van der Waals surface area contributed by atoms with Gasteiger partial charge in [-0.1, -0.05) is 36.4 Å². The molecule has 0 radical (unpaired) electrons. The van der Waals surface area contributed by atoms with E-state index in [9.17, 15) is 9.90 Å². The van der Waals surface area contributed by atoms with Crippen molar-refractivity contribution in [3.05, 3.63) is 47.5 Å². The molecule has 0 spiro atoms. The number of allylic oxidation sites excluding steroid dienone is 1. The number of nitrogens with zero attached hydrogens (tertiary/aromatic N) is 1. The van der Waals surface area contributed by atoms with Gasteiger partial charge in [0.05, 0.1) is 12.6 Å².